The molecule has 1 saturated heterocycles. The Bertz CT molecular complexity index is 666. The molecule has 0 radical (unpaired) electrons. The fraction of sp³-hybridized carbons (Fsp3) is 0.526. The van der Waals surface area contributed by atoms with Gasteiger partial charge in [-0.05, 0) is 24.3 Å². The monoisotopic (exact) mass is 359 g/mol. The van der Waals surface area contributed by atoms with E-state index in [0.717, 1.165) is 25.9 Å². The average Bonchev–Trinajstić information content (AvgIpc) is 2.91. The highest BCUT2D eigenvalue weighted by atomic mass is 32.2. The van der Waals surface area contributed by atoms with E-state index in [-0.39, 0.29) is 5.91 Å². The normalized spacial score (nSPS) is 16.4. The summed E-state index contributed by atoms with van der Waals surface area (Å²) in [5.41, 5.74) is 1.26. The highest BCUT2D eigenvalue weighted by Crippen LogP contribution is 2.23. The van der Waals surface area contributed by atoms with Crippen LogP contribution in [0.15, 0.2) is 40.0 Å². The van der Waals surface area contributed by atoms with Crippen molar-refractivity contribution in [1.82, 2.24) is 15.1 Å². The molecule has 0 aliphatic carbocycles. The number of likely N-dealkylation sites (tertiary alicyclic amines) is 1. The molecule has 2 heterocycles. The van der Waals surface area contributed by atoms with Crippen LogP contribution >= 0.6 is 11.8 Å². The van der Waals surface area contributed by atoms with Crippen LogP contribution in [0.25, 0.3) is 0 Å². The fourth-order valence-corrected chi connectivity index (χ4v) is 3.76. The van der Waals surface area contributed by atoms with E-state index in [2.05, 4.69) is 29.3 Å². The second kappa shape index (κ2) is 9.04. The van der Waals surface area contributed by atoms with Gasteiger partial charge < -0.3 is 9.32 Å². The Morgan fingerprint density at radius 3 is 2.60 bits per heavy atom. The van der Waals surface area contributed by atoms with Crippen molar-refractivity contribution in [1.29, 1.82) is 0 Å². The number of nitrogens with zero attached hydrogens (tertiary/aromatic N) is 3. The Morgan fingerprint density at radius 2 is 1.88 bits per heavy atom. The second-order valence-corrected chi connectivity index (χ2v) is 7.49. The molecule has 25 heavy (non-hydrogen) atoms. The molecule has 1 aliphatic rings. The summed E-state index contributed by atoms with van der Waals surface area (Å²) in [6.07, 6.45) is 5.38. The lowest BCUT2D eigenvalue weighted by Gasteiger charge is -2.19. The van der Waals surface area contributed by atoms with E-state index in [4.69, 9.17) is 4.42 Å². The number of rotatable bonds is 6. The Labute approximate surface area is 153 Å². The summed E-state index contributed by atoms with van der Waals surface area (Å²) in [6.45, 7) is 3.90. The molecule has 1 unspecified atom stereocenters. The first-order chi connectivity index (χ1) is 12.2. The van der Waals surface area contributed by atoms with Crippen molar-refractivity contribution in [2.45, 2.75) is 50.2 Å². The molecule has 1 aromatic heterocycles. The quantitative estimate of drug-likeness (QED) is 0.732. The Morgan fingerprint density at radius 1 is 1.16 bits per heavy atom. The molecule has 0 saturated carbocycles. The molecule has 5 nitrogen and oxygen atoms in total. The molecule has 134 valence electrons. The largest absolute Gasteiger partial charge is 0.416 e. The minimum Gasteiger partial charge on any atom is -0.416 e. The third-order valence-electron chi connectivity index (χ3n) is 4.58. The highest BCUT2D eigenvalue weighted by Gasteiger charge is 2.18. The van der Waals surface area contributed by atoms with Crippen LogP contribution in [0.4, 0.5) is 0 Å². The molecule has 1 aliphatic heterocycles. The van der Waals surface area contributed by atoms with Gasteiger partial charge in [-0.15, -0.1) is 10.2 Å². The highest BCUT2D eigenvalue weighted by molar-refractivity contribution is 7.99. The maximum atomic E-state index is 12.3. The number of hydrogen-bond acceptors (Lipinski definition) is 5. The molecule has 1 atom stereocenters. The minimum atomic E-state index is 0.171. The lowest BCUT2D eigenvalue weighted by atomic mass is 9.98. The first-order valence-electron chi connectivity index (χ1n) is 9.00. The van der Waals surface area contributed by atoms with Crippen LogP contribution in [0.2, 0.25) is 0 Å². The van der Waals surface area contributed by atoms with E-state index < -0.39 is 0 Å². The zero-order chi connectivity index (χ0) is 17.5. The molecule has 0 spiro atoms. The lowest BCUT2D eigenvalue weighted by molar-refractivity contribution is -0.128. The molecule has 0 N–H and O–H groups in total. The van der Waals surface area contributed by atoms with Crippen molar-refractivity contribution in [3.05, 3.63) is 41.8 Å². The van der Waals surface area contributed by atoms with Crippen LogP contribution < -0.4 is 0 Å². The van der Waals surface area contributed by atoms with Gasteiger partial charge in [-0.3, -0.25) is 4.79 Å². The summed E-state index contributed by atoms with van der Waals surface area (Å²) in [4.78, 5) is 14.3. The van der Waals surface area contributed by atoms with Gasteiger partial charge in [0.25, 0.3) is 5.22 Å². The topological polar surface area (TPSA) is 59.2 Å². The number of aromatic nitrogens is 2. The van der Waals surface area contributed by atoms with Gasteiger partial charge in [-0.25, -0.2) is 0 Å². The fourth-order valence-electron chi connectivity index (χ4n) is 3.08. The van der Waals surface area contributed by atoms with Gasteiger partial charge in [0.05, 0.1) is 5.75 Å². The van der Waals surface area contributed by atoms with Gasteiger partial charge in [-0.2, -0.15) is 0 Å². The van der Waals surface area contributed by atoms with Gasteiger partial charge in [0.2, 0.25) is 11.8 Å². The first kappa shape index (κ1) is 18.0. The van der Waals surface area contributed by atoms with E-state index in [0.29, 0.717) is 29.2 Å². The first-order valence-corrected chi connectivity index (χ1v) is 9.99. The molecule has 2 aromatic rings. The molecular weight excluding hydrogens is 334 g/mol. The van der Waals surface area contributed by atoms with Crippen LogP contribution in [0, 0.1) is 0 Å². The molecule has 3 rings (SSSR count). The van der Waals surface area contributed by atoms with Crippen molar-refractivity contribution in [3.8, 4) is 0 Å². The molecule has 1 aromatic carbocycles. The summed E-state index contributed by atoms with van der Waals surface area (Å²) in [5.74, 6) is 1.49. The van der Waals surface area contributed by atoms with Crippen molar-refractivity contribution < 1.29 is 9.21 Å². The van der Waals surface area contributed by atoms with E-state index in [1.54, 1.807) is 0 Å². The number of amides is 1. The lowest BCUT2D eigenvalue weighted by Crippen LogP contribution is -2.33. The van der Waals surface area contributed by atoms with Crippen LogP contribution in [-0.4, -0.2) is 39.8 Å². The second-order valence-electron chi connectivity index (χ2n) is 6.56. The maximum Gasteiger partial charge on any atom is 0.277 e. The minimum absolute atomic E-state index is 0.171. The van der Waals surface area contributed by atoms with E-state index in [1.807, 2.05) is 23.1 Å². The van der Waals surface area contributed by atoms with Gasteiger partial charge in [0.15, 0.2) is 0 Å². The Hall–Kier alpha value is -1.82. The number of carbonyl (C=O) groups excluding carboxylic acids is 1. The number of hydrogen-bond donors (Lipinski definition) is 0. The van der Waals surface area contributed by atoms with Crippen LogP contribution in [-0.2, 0) is 11.2 Å². The Balaban J connectivity index is 1.49. The predicted molar refractivity (Wildman–Crippen MR) is 98.6 cm³/mol. The number of carbonyl (C=O) groups is 1. The maximum absolute atomic E-state index is 12.3. The van der Waals surface area contributed by atoms with E-state index >= 15 is 0 Å². The summed E-state index contributed by atoms with van der Waals surface area (Å²) >= 11 is 1.34. The van der Waals surface area contributed by atoms with Gasteiger partial charge in [0, 0.05) is 19.5 Å². The van der Waals surface area contributed by atoms with Crippen molar-refractivity contribution in [2.75, 3.05) is 18.8 Å². The number of thioether (sulfide) groups is 1. The van der Waals surface area contributed by atoms with Crippen molar-refractivity contribution in [3.63, 3.8) is 0 Å². The molecule has 1 fully saturated rings. The van der Waals surface area contributed by atoms with E-state index in [9.17, 15) is 4.79 Å². The zero-order valence-corrected chi connectivity index (χ0v) is 15.5. The average molecular weight is 359 g/mol. The molecular formula is C19H25N3O2S. The van der Waals surface area contributed by atoms with Crippen LogP contribution in [0.3, 0.4) is 0 Å². The van der Waals surface area contributed by atoms with E-state index in [1.165, 1.54) is 30.2 Å². The summed E-state index contributed by atoms with van der Waals surface area (Å²) < 4.78 is 5.71. The Kier molecular flexibility index (Phi) is 6.50. The van der Waals surface area contributed by atoms with Crippen molar-refractivity contribution in [2.24, 2.45) is 0 Å². The summed E-state index contributed by atoms with van der Waals surface area (Å²) in [5, 5.41) is 8.68. The van der Waals surface area contributed by atoms with Gasteiger partial charge >= 0.3 is 0 Å². The van der Waals surface area contributed by atoms with Gasteiger partial charge in [-0.1, -0.05) is 61.9 Å². The zero-order valence-electron chi connectivity index (χ0n) is 14.7. The van der Waals surface area contributed by atoms with Crippen molar-refractivity contribution >= 4 is 17.7 Å². The third kappa shape index (κ3) is 5.33. The van der Waals surface area contributed by atoms with Crippen LogP contribution in [0.1, 0.15) is 50.0 Å². The molecule has 0 bridgehead atoms. The molecule has 1 amide bonds. The molecule has 6 heteroatoms. The third-order valence-corrected chi connectivity index (χ3v) is 5.38. The summed E-state index contributed by atoms with van der Waals surface area (Å²) in [6, 6.07) is 10.3. The van der Waals surface area contributed by atoms with Crippen LogP contribution in [0.5, 0.6) is 0 Å². The number of benzene rings is 1. The smallest absolute Gasteiger partial charge is 0.277 e. The predicted octanol–water partition coefficient (Wildman–Crippen LogP) is 3.91. The SMILES string of the molecule is CC(Cc1nnc(SCC(=O)N2CCCCCC2)o1)c1ccccc1. The standard InChI is InChI=1S/C19H25N3O2S/c1-15(16-9-5-4-6-10-16)13-17-20-21-19(24-17)25-14-18(23)22-11-7-2-3-8-12-22/h4-6,9-10,15H,2-3,7-8,11-14H2,1H3. The van der Waals surface area contributed by atoms with Gasteiger partial charge in [0.1, 0.15) is 0 Å². The summed E-state index contributed by atoms with van der Waals surface area (Å²) in [7, 11) is 0.